The van der Waals surface area contributed by atoms with Crippen molar-refractivity contribution in [1.82, 2.24) is 5.32 Å². The number of carbonyl (C=O) groups is 2. The fourth-order valence-electron chi connectivity index (χ4n) is 2.36. The van der Waals surface area contributed by atoms with Gasteiger partial charge in [-0.3, -0.25) is 4.79 Å². The minimum absolute atomic E-state index is 0.0436. The summed E-state index contributed by atoms with van der Waals surface area (Å²) >= 11 is 3.33. The van der Waals surface area contributed by atoms with Crippen LogP contribution in [0.3, 0.4) is 0 Å². The Bertz CT molecular complexity index is 995. The topological polar surface area (TPSA) is 97.6 Å². The van der Waals surface area contributed by atoms with E-state index in [1.165, 1.54) is 19.3 Å². The summed E-state index contributed by atoms with van der Waals surface area (Å²) in [4.78, 5) is 24.2. The fourth-order valence-corrected chi connectivity index (χ4v) is 2.74. The molecular formula is C22H21BrN2O5. The molecule has 1 N–H and O–H groups in total. The molecule has 0 spiro atoms. The van der Waals surface area contributed by atoms with Crippen LogP contribution in [-0.4, -0.2) is 31.6 Å². The first kappa shape index (κ1) is 23.0. The van der Waals surface area contributed by atoms with Gasteiger partial charge < -0.3 is 19.5 Å². The summed E-state index contributed by atoms with van der Waals surface area (Å²) in [5, 5.41) is 11.9. The van der Waals surface area contributed by atoms with E-state index in [9.17, 15) is 14.9 Å². The van der Waals surface area contributed by atoms with Crippen molar-refractivity contribution in [3.05, 3.63) is 58.1 Å². The van der Waals surface area contributed by atoms with Gasteiger partial charge in [0, 0.05) is 10.5 Å². The predicted octanol–water partition coefficient (Wildman–Crippen LogP) is 3.87. The van der Waals surface area contributed by atoms with Crippen LogP contribution >= 0.6 is 15.9 Å². The van der Waals surface area contributed by atoms with Gasteiger partial charge in [0.15, 0.2) is 18.1 Å². The monoisotopic (exact) mass is 472 g/mol. The average Bonchev–Trinajstić information content (AvgIpc) is 2.70. The number of nitrogens with zero attached hydrogens (tertiary/aromatic N) is 1. The average molecular weight is 473 g/mol. The molecule has 0 saturated heterocycles. The Morgan fingerprint density at radius 1 is 1.20 bits per heavy atom. The van der Waals surface area contributed by atoms with Gasteiger partial charge in [-0.1, -0.05) is 28.1 Å². The number of methoxy groups -OCH3 is 1. The Balaban J connectivity index is 2.09. The van der Waals surface area contributed by atoms with Crippen LogP contribution < -0.4 is 19.5 Å². The number of benzene rings is 2. The molecule has 0 saturated carbocycles. The summed E-state index contributed by atoms with van der Waals surface area (Å²) < 4.78 is 16.8. The quantitative estimate of drug-likeness (QED) is 0.271. The predicted molar refractivity (Wildman–Crippen MR) is 115 cm³/mol. The second kappa shape index (κ2) is 11.0. The highest BCUT2D eigenvalue weighted by Crippen LogP contribution is 2.29. The normalized spacial score (nSPS) is 10.9. The van der Waals surface area contributed by atoms with Crippen molar-refractivity contribution in [3.63, 3.8) is 0 Å². The van der Waals surface area contributed by atoms with Gasteiger partial charge in [-0.25, -0.2) is 4.79 Å². The van der Waals surface area contributed by atoms with Gasteiger partial charge in [0.05, 0.1) is 7.11 Å². The molecule has 0 aromatic heterocycles. The smallest absolute Gasteiger partial charge is 0.349 e. The molecule has 0 radical (unpaired) electrons. The van der Waals surface area contributed by atoms with Crippen LogP contribution in [0.4, 0.5) is 0 Å². The van der Waals surface area contributed by atoms with Crippen molar-refractivity contribution in [2.75, 3.05) is 13.7 Å². The summed E-state index contributed by atoms with van der Waals surface area (Å²) in [7, 11) is 1.43. The second-order valence-electron chi connectivity index (χ2n) is 6.43. The standard InChI is InChI=1S/C22H21BrN2O5/c1-14(2)25-22(27)16(12-24)9-15-7-8-19(20(10-15)28-3)30-21(26)13-29-18-6-4-5-17(23)11-18/h4-11,14H,13H2,1-3H3,(H,25,27)/b16-9+. The fraction of sp³-hybridized carbons (Fsp3) is 0.227. The first-order chi connectivity index (χ1) is 14.3. The lowest BCUT2D eigenvalue weighted by atomic mass is 10.1. The SMILES string of the molecule is COc1cc(/C=C(\C#N)C(=O)NC(C)C)ccc1OC(=O)COc1cccc(Br)c1. The second-order valence-corrected chi connectivity index (χ2v) is 7.34. The van der Waals surface area contributed by atoms with E-state index >= 15 is 0 Å². The Labute approximate surface area is 183 Å². The Morgan fingerprint density at radius 3 is 2.60 bits per heavy atom. The summed E-state index contributed by atoms with van der Waals surface area (Å²) in [5.74, 6) is -0.0708. The molecule has 2 aromatic carbocycles. The van der Waals surface area contributed by atoms with Crippen molar-refractivity contribution < 1.29 is 23.8 Å². The van der Waals surface area contributed by atoms with E-state index < -0.39 is 11.9 Å². The molecule has 8 heteroatoms. The van der Waals surface area contributed by atoms with E-state index in [1.807, 2.05) is 12.1 Å². The maximum Gasteiger partial charge on any atom is 0.349 e. The van der Waals surface area contributed by atoms with E-state index in [0.717, 1.165) is 4.47 Å². The summed E-state index contributed by atoms with van der Waals surface area (Å²) in [5.41, 5.74) is 0.505. The first-order valence-corrected chi connectivity index (χ1v) is 9.81. The van der Waals surface area contributed by atoms with E-state index in [-0.39, 0.29) is 29.7 Å². The molecule has 1 amide bonds. The molecule has 0 atom stereocenters. The summed E-state index contributed by atoms with van der Waals surface area (Å²) in [6.45, 7) is 3.33. The lowest BCUT2D eigenvalue weighted by molar-refractivity contribution is -0.136. The maximum atomic E-state index is 12.1. The molecule has 2 aromatic rings. The van der Waals surface area contributed by atoms with E-state index in [2.05, 4.69) is 21.2 Å². The molecule has 0 unspecified atom stereocenters. The zero-order chi connectivity index (χ0) is 22.1. The molecular weight excluding hydrogens is 452 g/mol. The van der Waals surface area contributed by atoms with Crippen LogP contribution in [-0.2, 0) is 9.59 Å². The molecule has 0 bridgehead atoms. The van der Waals surface area contributed by atoms with Gasteiger partial charge in [0.1, 0.15) is 17.4 Å². The molecule has 0 aliphatic heterocycles. The number of hydrogen-bond donors (Lipinski definition) is 1. The van der Waals surface area contributed by atoms with E-state index in [0.29, 0.717) is 11.3 Å². The molecule has 0 aliphatic carbocycles. The maximum absolute atomic E-state index is 12.1. The Morgan fingerprint density at radius 2 is 1.97 bits per heavy atom. The number of esters is 1. The molecule has 30 heavy (non-hydrogen) atoms. The highest BCUT2D eigenvalue weighted by Gasteiger charge is 2.14. The number of rotatable bonds is 8. The third-order valence-corrected chi connectivity index (χ3v) is 4.15. The number of carbonyl (C=O) groups excluding carboxylic acids is 2. The molecule has 0 fully saturated rings. The summed E-state index contributed by atoms with van der Waals surface area (Å²) in [6.07, 6.45) is 1.43. The van der Waals surface area contributed by atoms with Gasteiger partial charge in [-0.15, -0.1) is 0 Å². The number of ether oxygens (including phenoxy) is 3. The summed E-state index contributed by atoms with van der Waals surface area (Å²) in [6, 6.07) is 13.6. The van der Waals surface area contributed by atoms with Crippen molar-refractivity contribution in [2.45, 2.75) is 19.9 Å². The van der Waals surface area contributed by atoms with E-state index in [1.54, 1.807) is 44.2 Å². The van der Waals surface area contributed by atoms with Crippen LogP contribution in [0.5, 0.6) is 17.2 Å². The number of amides is 1. The van der Waals surface area contributed by atoms with Crippen LogP contribution in [0.1, 0.15) is 19.4 Å². The minimum atomic E-state index is -0.606. The van der Waals surface area contributed by atoms with Gasteiger partial charge >= 0.3 is 5.97 Å². The zero-order valence-electron chi connectivity index (χ0n) is 16.8. The van der Waals surface area contributed by atoms with Crippen molar-refractivity contribution in [1.29, 1.82) is 5.26 Å². The van der Waals surface area contributed by atoms with Crippen molar-refractivity contribution >= 4 is 33.9 Å². The molecule has 7 nitrogen and oxygen atoms in total. The van der Waals surface area contributed by atoms with Crippen LogP contribution in [0.25, 0.3) is 6.08 Å². The minimum Gasteiger partial charge on any atom is -0.493 e. The zero-order valence-corrected chi connectivity index (χ0v) is 18.4. The van der Waals surface area contributed by atoms with Gasteiger partial charge in [0.2, 0.25) is 0 Å². The Hall–Kier alpha value is -3.31. The molecule has 0 heterocycles. The number of hydrogen-bond acceptors (Lipinski definition) is 6. The lowest BCUT2D eigenvalue weighted by Gasteiger charge is -2.11. The Kier molecular flexibility index (Phi) is 8.44. The highest BCUT2D eigenvalue weighted by molar-refractivity contribution is 9.10. The van der Waals surface area contributed by atoms with Gasteiger partial charge in [-0.05, 0) is 55.8 Å². The van der Waals surface area contributed by atoms with Gasteiger partial charge in [0.25, 0.3) is 5.91 Å². The third-order valence-electron chi connectivity index (χ3n) is 3.66. The van der Waals surface area contributed by atoms with Gasteiger partial charge in [-0.2, -0.15) is 5.26 Å². The van der Waals surface area contributed by atoms with Crippen molar-refractivity contribution in [3.8, 4) is 23.3 Å². The highest BCUT2D eigenvalue weighted by atomic mass is 79.9. The van der Waals surface area contributed by atoms with Crippen LogP contribution in [0.15, 0.2) is 52.5 Å². The van der Waals surface area contributed by atoms with Crippen LogP contribution in [0, 0.1) is 11.3 Å². The molecule has 0 aliphatic rings. The van der Waals surface area contributed by atoms with E-state index in [4.69, 9.17) is 14.2 Å². The van der Waals surface area contributed by atoms with Crippen LogP contribution in [0.2, 0.25) is 0 Å². The largest absolute Gasteiger partial charge is 0.493 e. The number of nitriles is 1. The molecule has 2 rings (SSSR count). The lowest BCUT2D eigenvalue weighted by Crippen LogP contribution is -2.30. The number of nitrogens with one attached hydrogen (secondary N) is 1. The number of halogens is 1. The first-order valence-electron chi connectivity index (χ1n) is 9.02. The molecule has 156 valence electrons. The van der Waals surface area contributed by atoms with Crippen molar-refractivity contribution in [2.24, 2.45) is 0 Å². The third kappa shape index (κ3) is 6.94.